The summed E-state index contributed by atoms with van der Waals surface area (Å²) in [5.41, 5.74) is 5.50. The van der Waals surface area contributed by atoms with Gasteiger partial charge in [0.05, 0.1) is 10.9 Å². The number of nitrogens with zero attached hydrogens (tertiary/aromatic N) is 1. The molecule has 0 aromatic rings. The summed E-state index contributed by atoms with van der Waals surface area (Å²) in [5.74, 6) is -0.236. The molecule has 1 unspecified atom stereocenters. The molecule has 0 saturated carbocycles. The van der Waals surface area contributed by atoms with Crippen LogP contribution in [0, 0.1) is 5.92 Å². The van der Waals surface area contributed by atoms with Crippen LogP contribution in [0.25, 0.3) is 0 Å². The Hall–Kier alpha value is -0.640. The van der Waals surface area contributed by atoms with Crippen LogP contribution in [-0.2, 0) is 4.79 Å². The van der Waals surface area contributed by atoms with Gasteiger partial charge in [0.2, 0.25) is 5.91 Å². The number of hydrogen-bond acceptors (Lipinski definition) is 2. The normalized spacial score (nSPS) is 12.2. The van der Waals surface area contributed by atoms with Crippen LogP contribution in [0.1, 0.15) is 33.1 Å². The van der Waals surface area contributed by atoms with Crippen molar-refractivity contribution in [2.24, 2.45) is 11.7 Å². The summed E-state index contributed by atoms with van der Waals surface area (Å²) < 4.78 is 0. The summed E-state index contributed by atoms with van der Waals surface area (Å²) in [6.45, 7) is 4.81. The highest BCUT2D eigenvalue weighted by atomic mass is 32.1. The molecule has 0 aliphatic rings. The lowest BCUT2D eigenvalue weighted by Crippen LogP contribution is -2.39. The fraction of sp³-hybridized carbons (Fsp3) is 0.800. The van der Waals surface area contributed by atoms with Crippen molar-refractivity contribution in [2.75, 3.05) is 13.6 Å². The highest BCUT2D eigenvalue weighted by molar-refractivity contribution is 7.80. The largest absolute Gasteiger partial charge is 0.393 e. The Morgan fingerprint density at radius 3 is 2.43 bits per heavy atom. The fourth-order valence-corrected chi connectivity index (χ4v) is 1.54. The standard InChI is InChI=1S/C10H20N2OS/c1-4-6-7-12(3)10(13)8(5-2)9(11)14/h8H,4-7H2,1-3H3,(H2,11,14). The van der Waals surface area contributed by atoms with E-state index in [1.165, 1.54) is 0 Å². The Bertz CT molecular complexity index is 206. The van der Waals surface area contributed by atoms with Crippen LogP contribution in [0.4, 0.5) is 0 Å². The molecule has 0 spiro atoms. The minimum absolute atomic E-state index is 0.0495. The zero-order valence-electron chi connectivity index (χ0n) is 9.25. The van der Waals surface area contributed by atoms with Crippen molar-refractivity contribution in [1.82, 2.24) is 4.90 Å². The molecule has 0 aromatic carbocycles. The zero-order chi connectivity index (χ0) is 11.1. The first-order valence-corrected chi connectivity index (χ1v) is 5.49. The van der Waals surface area contributed by atoms with E-state index in [2.05, 4.69) is 6.92 Å². The smallest absolute Gasteiger partial charge is 0.232 e. The second kappa shape index (κ2) is 6.76. The van der Waals surface area contributed by atoms with E-state index in [0.717, 1.165) is 19.4 Å². The topological polar surface area (TPSA) is 46.3 Å². The summed E-state index contributed by atoms with van der Waals surface area (Å²) in [5, 5.41) is 0. The maximum atomic E-state index is 11.8. The second-order valence-electron chi connectivity index (χ2n) is 3.48. The average Bonchev–Trinajstić information content (AvgIpc) is 2.14. The van der Waals surface area contributed by atoms with Gasteiger partial charge in [-0.05, 0) is 12.8 Å². The highest BCUT2D eigenvalue weighted by Gasteiger charge is 2.22. The molecule has 0 rings (SSSR count). The molecule has 0 bridgehead atoms. The van der Waals surface area contributed by atoms with Crippen molar-refractivity contribution >= 4 is 23.1 Å². The Labute approximate surface area is 91.6 Å². The van der Waals surface area contributed by atoms with Gasteiger partial charge < -0.3 is 10.6 Å². The minimum atomic E-state index is -0.285. The number of carbonyl (C=O) groups excluding carboxylic acids is 1. The van der Waals surface area contributed by atoms with E-state index in [1.54, 1.807) is 11.9 Å². The molecule has 0 aliphatic heterocycles. The molecule has 2 N–H and O–H groups in total. The van der Waals surface area contributed by atoms with Crippen LogP contribution in [0.5, 0.6) is 0 Å². The summed E-state index contributed by atoms with van der Waals surface area (Å²) in [4.78, 5) is 13.8. The third-order valence-corrected chi connectivity index (χ3v) is 2.56. The summed E-state index contributed by atoms with van der Waals surface area (Å²) >= 11 is 4.85. The molecular weight excluding hydrogens is 196 g/mol. The van der Waals surface area contributed by atoms with E-state index in [0.29, 0.717) is 11.4 Å². The van der Waals surface area contributed by atoms with E-state index < -0.39 is 0 Å². The third-order valence-electron chi connectivity index (χ3n) is 2.27. The molecule has 1 atom stereocenters. The van der Waals surface area contributed by atoms with Crippen LogP contribution in [0.3, 0.4) is 0 Å². The summed E-state index contributed by atoms with van der Waals surface area (Å²) in [6.07, 6.45) is 2.79. The Balaban J connectivity index is 4.20. The van der Waals surface area contributed by atoms with Crippen LogP contribution in [-0.4, -0.2) is 29.4 Å². The van der Waals surface area contributed by atoms with Crippen molar-refractivity contribution in [1.29, 1.82) is 0 Å². The first kappa shape index (κ1) is 13.4. The molecule has 1 amide bonds. The monoisotopic (exact) mass is 216 g/mol. The Kier molecular flexibility index (Phi) is 6.45. The van der Waals surface area contributed by atoms with Crippen molar-refractivity contribution in [3.05, 3.63) is 0 Å². The van der Waals surface area contributed by atoms with Crippen LogP contribution in [0.2, 0.25) is 0 Å². The molecule has 0 aliphatic carbocycles. The SMILES string of the molecule is CCCCN(C)C(=O)C(CC)C(N)=S. The Morgan fingerprint density at radius 1 is 1.50 bits per heavy atom. The molecule has 0 fully saturated rings. The number of unbranched alkanes of at least 4 members (excludes halogenated alkanes) is 1. The first-order chi connectivity index (χ1) is 6.54. The van der Waals surface area contributed by atoms with Gasteiger partial charge in [0, 0.05) is 13.6 Å². The van der Waals surface area contributed by atoms with Crippen LogP contribution >= 0.6 is 12.2 Å². The first-order valence-electron chi connectivity index (χ1n) is 5.08. The molecule has 0 radical (unpaired) electrons. The van der Waals surface area contributed by atoms with Gasteiger partial charge in [-0.3, -0.25) is 4.79 Å². The molecule has 0 heterocycles. The molecule has 4 heteroatoms. The minimum Gasteiger partial charge on any atom is -0.393 e. The number of rotatable bonds is 6. The molecule has 82 valence electrons. The fourth-order valence-electron chi connectivity index (χ4n) is 1.27. The zero-order valence-corrected chi connectivity index (χ0v) is 10.1. The lowest BCUT2D eigenvalue weighted by atomic mass is 10.1. The maximum Gasteiger partial charge on any atom is 0.232 e. The number of nitrogens with two attached hydrogens (primary N) is 1. The van der Waals surface area contributed by atoms with E-state index in [9.17, 15) is 4.79 Å². The van der Waals surface area contributed by atoms with Gasteiger partial charge in [-0.1, -0.05) is 32.5 Å². The van der Waals surface area contributed by atoms with Gasteiger partial charge in [-0.2, -0.15) is 0 Å². The van der Waals surface area contributed by atoms with Crippen molar-refractivity contribution < 1.29 is 4.79 Å². The van der Waals surface area contributed by atoms with Gasteiger partial charge in [-0.25, -0.2) is 0 Å². The van der Waals surface area contributed by atoms with Crippen molar-refractivity contribution in [3.63, 3.8) is 0 Å². The van der Waals surface area contributed by atoms with Gasteiger partial charge in [-0.15, -0.1) is 0 Å². The predicted octanol–water partition coefficient (Wildman–Crippen LogP) is 1.56. The maximum absolute atomic E-state index is 11.8. The molecule has 14 heavy (non-hydrogen) atoms. The number of hydrogen-bond donors (Lipinski definition) is 1. The quantitative estimate of drug-likeness (QED) is 0.685. The number of amides is 1. The summed E-state index contributed by atoms with van der Waals surface area (Å²) in [7, 11) is 1.80. The lowest BCUT2D eigenvalue weighted by Gasteiger charge is -2.22. The highest BCUT2D eigenvalue weighted by Crippen LogP contribution is 2.07. The average molecular weight is 216 g/mol. The molecular formula is C10H20N2OS. The van der Waals surface area contributed by atoms with E-state index >= 15 is 0 Å². The molecule has 0 saturated heterocycles. The predicted molar refractivity (Wildman–Crippen MR) is 63.1 cm³/mol. The second-order valence-corrected chi connectivity index (χ2v) is 3.95. The van der Waals surface area contributed by atoms with E-state index in [1.807, 2.05) is 6.92 Å². The van der Waals surface area contributed by atoms with Crippen LogP contribution < -0.4 is 5.73 Å². The van der Waals surface area contributed by atoms with Gasteiger partial charge in [0.15, 0.2) is 0 Å². The van der Waals surface area contributed by atoms with Crippen molar-refractivity contribution in [2.45, 2.75) is 33.1 Å². The lowest BCUT2D eigenvalue weighted by molar-refractivity contribution is -0.132. The van der Waals surface area contributed by atoms with Crippen LogP contribution in [0.15, 0.2) is 0 Å². The third kappa shape index (κ3) is 4.05. The summed E-state index contributed by atoms with van der Waals surface area (Å²) in [6, 6.07) is 0. The number of carbonyl (C=O) groups is 1. The van der Waals surface area contributed by atoms with Gasteiger partial charge in [0.25, 0.3) is 0 Å². The van der Waals surface area contributed by atoms with Gasteiger partial charge >= 0.3 is 0 Å². The Morgan fingerprint density at radius 2 is 2.07 bits per heavy atom. The van der Waals surface area contributed by atoms with Crippen molar-refractivity contribution in [3.8, 4) is 0 Å². The number of thiocarbonyl (C=S) groups is 1. The van der Waals surface area contributed by atoms with E-state index in [-0.39, 0.29) is 11.8 Å². The molecule has 3 nitrogen and oxygen atoms in total. The molecule has 0 aromatic heterocycles. The van der Waals surface area contributed by atoms with Gasteiger partial charge in [0.1, 0.15) is 0 Å². The van der Waals surface area contributed by atoms with E-state index in [4.69, 9.17) is 18.0 Å².